The molecule has 0 amide bonds. The van der Waals surface area contributed by atoms with E-state index in [0.717, 1.165) is 5.39 Å². The van der Waals surface area contributed by atoms with Gasteiger partial charge in [0.1, 0.15) is 5.82 Å². The molecular formula is C12H7FN2. The zero-order valence-electron chi connectivity index (χ0n) is 7.81. The number of rotatable bonds is 1. The predicted octanol–water partition coefficient (Wildman–Crippen LogP) is 2.91. The molecule has 0 fully saturated rings. The number of halogens is 1. The van der Waals surface area contributed by atoms with Crippen molar-refractivity contribution in [3.63, 3.8) is 0 Å². The summed E-state index contributed by atoms with van der Waals surface area (Å²) in [6, 6.07) is 8.51. The highest BCUT2D eigenvalue weighted by molar-refractivity contribution is 5.81. The lowest BCUT2D eigenvalue weighted by Gasteiger charge is -2.00. The third kappa shape index (κ3) is 1.84. The van der Waals surface area contributed by atoms with E-state index in [4.69, 9.17) is 5.26 Å². The Labute approximate surface area is 86.3 Å². The molecule has 0 atom stereocenters. The minimum atomic E-state index is -0.368. The predicted molar refractivity (Wildman–Crippen MR) is 56.3 cm³/mol. The lowest BCUT2D eigenvalue weighted by atomic mass is 10.1. The lowest BCUT2D eigenvalue weighted by Crippen LogP contribution is -1.85. The zero-order chi connectivity index (χ0) is 10.7. The van der Waals surface area contributed by atoms with Gasteiger partial charge in [-0.15, -0.1) is 0 Å². The van der Waals surface area contributed by atoms with Gasteiger partial charge in [0.25, 0.3) is 0 Å². The van der Waals surface area contributed by atoms with E-state index in [9.17, 15) is 4.39 Å². The molecule has 0 saturated carbocycles. The zero-order valence-corrected chi connectivity index (χ0v) is 7.81. The molecule has 1 aromatic heterocycles. The van der Waals surface area contributed by atoms with Crippen LogP contribution in [0.15, 0.2) is 36.5 Å². The summed E-state index contributed by atoms with van der Waals surface area (Å²) in [6.07, 6.45) is 4.31. The van der Waals surface area contributed by atoms with E-state index < -0.39 is 0 Å². The number of hydrogen-bond acceptors (Lipinski definition) is 2. The fraction of sp³-hybridized carbons (Fsp3) is 0. The smallest absolute Gasteiger partial charge is 0.132 e. The Morgan fingerprint density at radius 3 is 3.07 bits per heavy atom. The van der Waals surface area contributed by atoms with Crippen LogP contribution in [0.2, 0.25) is 0 Å². The Kier molecular flexibility index (Phi) is 2.42. The van der Waals surface area contributed by atoms with Crippen LogP contribution in [0.5, 0.6) is 0 Å². The molecule has 2 rings (SSSR count). The van der Waals surface area contributed by atoms with E-state index in [1.165, 1.54) is 18.2 Å². The molecule has 0 bridgehead atoms. The second-order valence-electron chi connectivity index (χ2n) is 3.03. The molecule has 1 aromatic carbocycles. The summed E-state index contributed by atoms with van der Waals surface area (Å²) in [6.45, 7) is 0. The van der Waals surface area contributed by atoms with Crippen molar-refractivity contribution in [2.24, 2.45) is 0 Å². The number of benzene rings is 1. The van der Waals surface area contributed by atoms with Crippen molar-refractivity contribution in [2.75, 3.05) is 0 Å². The van der Waals surface area contributed by atoms with Crippen LogP contribution in [0.25, 0.3) is 17.0 Å². The Balaban J connectivity index is 2.63. The second kappa shape index (κ2) is 3.89. The van der Waals surface area contributed by atoms with Crippen molar-refractivity contribution in [2.45, 2.75) is 0 Å². The van der Waals surface area contributed by atoms with Crippen LogP contribution in [0.3, 0.4) is 0 Å². The standard InChI is InChI=1S/C12H7FN2/c13-11-8-12-10(4-2-6-15-12)7-9(11)3-1-5-14/h1-4,6-8H. The lowest BCUT2D eigenvalue weighted by molar-refractivity contribution is 0.626. The molecule has 0 spiro atoms. The third-order valence-electron chi connectivity index (χ3n) is 2.06. The summed E-state index contributed by atoms with van der Waals surface area (Å²) in [5.41, 5.74) is 1.01. The average Bonchev–Trinajstić information content (AvgIpc) is 2.26. The number of nitrogens with zero attached hydrogens (tertiary/aromatic N) is 2. The molecule has 72 valence electrons. The first-order chi connectivity index (χ1) is 7.31. The summed E-state index contributed by atoms with van der Waals surface area (Å²) >= 11 is 0. The Morgan fingerprint density at radius 1 is 1.40 bits per heavy atom. The van der Waals surface area contributed by atoms with Gasteiger partial charge in [0.05, 0.1) is 11.6 Å². The maximum atomic E-state index is 13.4. The molecule has 0 aliphatic carbocycles. The fourth-order valence-corrected chi connectivity index (χ4v) is 1.37. The van der Waals surface area contributed by atoms with Crippen molar-refractivity contribution in [1.82, 2.24) is 4.98 Å². The Morgan fingerprint density at radius 2 is 2.27 bits per heavy atom. The average molecular weight is 198 g/mol. The van der Waals surface area contributed by atoms with Crippen LogP contribution < -0.4 is 0 Å². The SMILES string of the molecule is N#CC=Cc1cc2cccnc2cc1F. The molecule has 2 nitrogen and oxygen atoms in total. The quantitative estimate of drug-likeness (QED) is 0.660. The van der Waals surface area contributed by atoms with Gasteiger partial charge in [-0.3, -0.25) is 4.98 Å². The van der Waals surface area contributed by atoms with Gasteiger partial charge in [0, 0.05) is 29.3 Å². The van der Waals surface area contributed by atoms with Gasteiger partial charge in [-0.1, -0.05) is 6.07 Å². The maximum absolute atomic E-state index is 13.4. The minimum Gasteiger partial charge on any atom is -0.256 e. The number of hydrogen-bond donors (Lipinski definition) is 0. The van der Waals surface area contributed by atoms with E-state index in [1.807, 2.05) is 12.1 Å². The molecule has 0 aliphatic rings. The van der Waals surface area contributed by atoms with Crippen LogP contribution in [0.4, 0.5) is 4.39 Å². The van der Waals surface area contributed by atoms with Crippen LogP contribution in [0, 0.1) is 17.1 Å². The molecule has 0 unspecified atom stereocenters. The van der Waals surface area contributed by atoms with Crippen LogP contribution in [0.1, 0.15) is 5.56 Å². The normalized spacial score (nSPS) is 10.7. The highest BCUT2D eigenvalue weighted by Gasteiger charge is 2.01. The maximum Gasteiger partial charge on any atom is 0.132 e. The topological polar surface area (TPSA) is 36.7 Å². The van der Waals surface area contributed by atoms with E-state index in [2.05, 4.69) is 4.98 Å². The van der Waals surface area contributed by atoms with E-state index >= 15 is 0 Å². The van der Waals surface area contributed by atoms with Crippen molar-refractivity contribution < 1.29 is 4.39 Å². The number of fused-ring (bicyclic) bond motifs is 1. The second-order valence-corrected chi connectivity index (χ2v) is 3.03. The molecule has 2 aromatic rings. The largest absolute Gasteiger partial charge is 0.256 e. The summed E-state index contributed by atoms with van der Waals surface area (Å²) in [5.74, 6) is -0.368. The van der Waals surface area contributed by atoms with Crippen molar-refractivity contribution in [3.8, 4) is 6.07 Å². The van der Waals surface area contributed by atoms with Gasteiger partial charge in [-0.25, -0.2) is 4.39 Å². The summed E-state index contributed by atoms with van der Waals surface area (Å²) in [7, 11) is 0. The molecule has 1 heterocycles. The van der Waals surface area contributed by atoms with E-state index in [0.29, 0.717) is 11.1 Å². The summed E-state index contributed by atoms with van der Waals surface area (Å²) < 4.78 is 13.4. The summed E-state index contributed by atoms with van der Waals surface area (Å²) in [4.78, 5) is 4.03. The molecule has 0 saturated heterocycles. The first-order valence-corrected chi connectivity index (χ1v) is 4.42. The van der Waals surface area contributed by atoms with Gasteiger partial charge < -0.3 is 0 Å². The Bertz CT molecular complexity index is 567. The molecule has 15 heavy (non-hydrogen) atoms. The van der Waals surface area contributed by atoms with Crippen molar-refractivity contribution >= 4 is 17.0 Å². The molecular weight excluding hydrogens is 191 g/mol. The number of pyridine rings is 1. The number of nitriles is 1. The fourth-order valence-electron chi connectivity index (χ4n) is 1.37. The first kappa shape index (κ1) is 9.35. The molecule has 0 radical (unpaired) electrons. The van der Waals surface area contributed by atoms with Crippen LogP contribution in [-0.4, -0.2) is 4.98 Å². The van der Waals surface area contributed by atoms with E-state index in [1.54, 1.807) is 18.3 Å². The molecule has 0 N–H and O–H groups in total. The van der Waals surface area contributed by atoms with Crippen molar-refractivity contribution in [1.29, 1.82) is 5.26 Å². The van der Waals surface area contributed by atoms with Crippen LogP contribution in [-0.2, 0) is 0 Å². The molecule has 3 heteroatoms. The van der Waals surface area contributed by atoms with Gasteiger partial charge >= 0.3 is 0 Å². The minimum absolute atomic E-state index is 0.368. The highest BCUT2D eigenvalue weighted by atomic mass is 19.1. The number of aromatic nitrogens is 1. The Hall–Kier alpha value is -2.21. The molecule has 0 aliphatic heterocycles. The van der Waals surface area contributed by atoms with E-state index in [-0.39, 0.29) is 5.82 Å². The summed E-state index contributed by atoms with van der Waals surface area (Å²) in [5, 5.41) is 9.22. The third-order valence-corrected chi connectivity index (χ3v) is 2.06. The van der Waals surface area contributed by atoms with Gasteiger partial charge in [-0.2, -0.15) is 5.26 Å². The van der Waals surface area contributed by atoms with Crippen LogP contribution >= 0.6 is 0 Å². The number of allylic oxidation sites excluding steroid dienone is 1. The first-order valence-electron chi connectivity index (χ1n) is 4.42. The highest BCUT2D eigenvalue weighted by Crippen LogP contribution is 2.18. The van der Waals surface area contributed by atoms with Gasteiger partial charge in [0.2, 0.25) is 0 Å². The van der Waals surface area contributed by atoms with Crippen molar-refractivity contribution in [3.05, 3.63) is 47.9 Å². The monoisotopic (exact) mass is 198 g/mol. The van der Waals surface area contributed by atoms with Gasteiger partial charge in [0.15, 0.2) is 0 Å². The van der Waals surface area contributed by atoms with Gasteiger partial charge in [-0.05, 0) is 18.2 Å².